The van der Waals surface area contributed by atoms with E-state index in [-0.39, 0.29) is 11.3 Å². The minimum Gasteiger partial charge on any atom is -0.446 e. The van der Waals surface area contributed by atoms with Crippen LogP contribution >= 0.6 is 11.8 Å². The molecule has 0 aliphatic carbocycles. The number of thioether (sulfide) groups is 1. The highest BCUT2D eigenvalue weighted by molar-refractivity contribution is 7.98. The maximum absolute atomic E-state index is 12.4. The van der Waals surface area contributed by atoms with Crippen LogP contribution in [0.2, 0.25) is 0 Å². The molecule has 2 atom stereocenters. The summed E-state index contributed by atoms with van der Waals surface area (Å²) in [6.45, 7) is 7.81. The van der Waals surface area contributed by atoms with Gasteiger partial charge in [-0.3, -0.25) is 4.79 Å². The van der Waals surface area contributed by atoms with Gasteiger partial charge in [-0.2, -0.15) is 17.0 Å². The Morgan fingerprint density at radius 1 is 1.28 bits per heavy atom. The molecular formula is C19H26N2O3S. The normalized spacial score (nSPS) is 13.4. The second kappa shape index (κ2) is 9.47. The van der Waals surface area contributed by atoms with Gasteiger partial charge in [0.25, 0.3) is 5.91 Å². The molecule has 136 valence electrons. The zero-order valence-electron chi connectivity index (χ0n) is 15.5. The van der Waals surface area contributed by atoms with E-state index in [1.165, 1.54) is 6.92 Å². The average Bonchev–Trinajstić information content (AvgIpc) is 2.57. The van der Waals surface area contributed by atoms with Gasteiger partial charge < -0.3 is 10.1 Å². The van der Waals surface area contributed by atoms with E-state index in [1.54, 1.807) is 23.9 Å². The number of amides is 1. The molecule has 0 radical (unpaired) electrons. The highest BCUT2D eigenvalue weighted by Crippen LogP contribution is 2.22. The molecule has 1 aromatic rings. The molecule has 0 bridgehead atoms. The van der Waals surface area contributed by atoms with E-state index in [2.05, 4.69) is 26.1 Å². The summed E-state index contributed by atoms with van der Waals surface area (Å²) in [7, 11) is 0. The van der Waals surface area contributed by atoms with Gasteiger partial charge in [-0.05, 0) is 48.5 Å². The Morgan fingerprint density at radius 3 is 2.36 bits per heavy atom. The van der Waals surface area contributed by atoms with Gasteiger partial charge >= 0.3 is 5.97 Å². The van der Waals surface area contributed by atoms with Crippen molar-refractivity contribution in [3.63, 3.8) is 0 Å². The van der Waals surface area contributed by atoms with Crippen LogP contribution < -0.4 is 5.32 Å². The van der Waals surface area contributed by atoms with Gasteiger partial charge in [-0.1, -0.05) is 32.9 Å². The Balaban J connectivity index is 2.83. The van der Waals surface area contributed by atoms with Crippen molar-refractivity contribution < 1.29 is 14.3 Å². The fraction of sp³-hybridized carbons (Fsp3) is 0.526. The quantitative estimate of drug-likeness (QED) is 0.753. The van der Waals surface area contributed by atoms with Gasteiger partial charge in [-0.15, -0.1) is 0 Å². The van der Waals surface area contributed by atoms with E-state index < -0.39 is 18.1 Å². The summed E-state index contributed by atoms with van der Waals surface area (Å²) in [5.74, 6) is -0.208. The summed E-state index contributed by atoms with van der Waals surface area (Å²) in [6.07, 6.45) is 1.53. The van der Waals surface area contributed by atoms with E-state index in [0.717, 1.165) is 5.56 Å². The first-order valence-corrected chi connectivity index (χ1v) is 9.59. The summed E-state index contributed by atoms with van der Waals surface area (Å²) < 4.78 is 5.04. The number of benzene rings is 1. The number of hydrogen-bond donors (Lipinski definition) is 1. The van der Waals surface area contributed by atoms with Crippen LogP contribution in [-0.2, 0) is 14.9 Å². The van der Waals surface area contributed by atoms with Crippen LogP contribution in [0.15, 0.2) is 24.3 Å². The maximum atomic E-state index is 12.4. The predicted octanol–water partition coefficient (Wildman–Crippen LogP) is 3.29. The minimum atomic E-state index is -0.841. The zero-order valence-corrected chi connectivity index (χ0v) is 16.3. The fourth-order valence-corrected chi connectivity index (χ4v) is 2.60. The number of nitrogens with one attached hydrogen (secondary N) is 1. The second-order valence-electron chi connectivity index (χ2n) is 6.84. The van der Waals surface area contributed by atoms with Crippen molar-refractivity contribution in [1.29, 1.82) is 5.26 Å². The van der Waals surface area contributed by atoms with Crippen LogP contribution in [0.1, 0.15) is 50.0 Å². The second-order valence-corrected chi connectivity index (χ2v) is 7.83. The molecule has 0 saturated heterocycles. The molecule has 0 aliphatic rings. The number of nitriles is 1. The van der Waals surface area contributed by atoms with E-state index in [1.807, 2.05) is 24.5 Å². The molecule has 1 rings (SSSR count). The maximum Gasteiger partial charge on any atom is 0.329 e. The topological polar surface area (TPSA) is 79.2 Å². The molecule has 5 nitrogen and oxygen atoms in total. The fourth-order valence-electron chi connectivity index (χ4n) is 2.13. The molecule has 0 heterocycles. The van der Waals surface area contributed by atoms with E-state index in [4.69, 9.17) is 10.00 Å². The van der Waals surface area contributed by atoms with E-state index >= 15 is 0 Å². The lowest BCUT2D eigenvalue weighted by Crippen LogP contribution is -2.43. The van der Waals surface area contributed by atoms with Gasteiger partial charge in [0, 0.05) is 5.56 Å². The SMILES string of the molecule is CSCC[C@H](NC(=O)c1ccc(C(C)(C)C)cc1)C(=O)O[C@@H](C)C#N. The molecule has 0 aromatic heterocycles. The zero-order chi connectivity index (χ0) is 19.0. The molecule has 0 spiro atoms. The van der Waals surface area contributed by atoms with Crippen molar-refractivity contribution in [2.75, 3.05) is 12.0 Å². The third-order valence-electron chi connectivity index (χ3n) is 3.69. The molecule has 0 unspecified atom stereocenters. The molecule has 1 aromatic carbocycles. The summed E-state index contributed by atoms with van der Waals surface area (Å²) in [6, 6.07) is 8.43. The van der Waals surface area contributed by atoms with Crippen molar-refractivity contribution in [3.05, 3.63) is 35.4 Å². The number of nitrogens with zero attached hydrogens (tertiary/aromatic N) is 1. The number of hydrogen-bond acceptors (Lipinski definition) is 5. The highest BCUT2D eigenvalue weighted by atomic mass is 32.2. The van der Waals surface area contributed by atoms with Crippen LogP contribution in [0.5, 0.6) is 0 Å². The molecule has 6 heteroatoms. The molecule has 1 N–H and O–H groups in total. The van der Waals surface area contributed by atoms with Gasteiger partial charge in [0.05, 0.1) is 0 Å². The summed E-state index contributed by atoms with van der Waals surface area (Å²) in [5.41, 5.74) is 1.63. The molecule has 0 fully saturated rings. The van der Waals surface area contributed by atoms with Crippen molar-refractivity contribution in [2.45, 2.75) is 51.7 Å². The van der Waals surface area contributed by atoms with Crippen molar-refractivity contribution in [3.8, 4) is 6.07 Å². The Kier molecular flexibility index (Phi) is 7.98. The van der Waals surface area contributed by atoms with Gasteiger partial charge in [-0.25, -0.2) is 4.79 Å². The number of ether oxygens (including phenoxy) is 1. The Morgan fingerprint density at radius 2 is 1.88 bits per heavy atom. The lowest BCUT2D eigenvalue weighted by Gasteiger charge is -2.20. The number of carbonyl (C=O) groups excluding carboxylic acids is 2. The Hall–Kier alpha value is -2.00. The highest BCUT2D eigenvalue weighted by Gasteiger charge is 2.24. The van der Waals surface area contributed by atoms with E-state index in [0.29, 0.717) is 17.7 Å². The molecule has 25 heavy (non-hydrogen) atoms. The number of rotatable bonds is 7. The summed E-state index contributed by atoms with van der Waals surface area (Å²) in [5, 5.41) is 11.5. The Bertz CT molecular complexity index is 630. The average molecular weight is 362 g/mol. The van der Waals surface area contributed by atoms with E-state index in [9.17, 15) is 9.59 Å². The van der Waals surface area contributed by atoms with Crippen LogP contribution in [0.25, 0.3) is 0 Å². The number of carbonyl (C=O) groups is 2. The first-order valence-electron chi connectivity index (χ1n) is 8.19. The summed E-state index contributed by atoms with van der Waals surface area (Å²) in [4.78, 5) is 24.6. The van der Waals surface area contributed by atoms with Crippen LogP contribution in [0, 0.1) is 11.3 Å². The minimum absolute atomic E-state index is 0.00707. The molecular weight excluding hydrogens is 336 g/mol. The standard InChI is InChI=1S/C19H26N2O3S/c1-13(12-20)24-18(23)16(10-11-25-5)21-17(22)14-6-8-15(9-7-14)19(2,3)4/h6-9,13,16H,10-11H2,1-5H3,(H,21,22)/t13-,16-/m0/s1. The van der Waals surface area contributed by atoms with Gasteiger partial charge in [0.15, 0.2) is 6.10 Å². The third kappa shape index (κ3) is 6.79. The third-order valence-corrected chi connectivity index (χ3v) is 4.33. The summed E-state index contributed by atoms with van der Waals surface area (Å²) >= 11 is 1.58. The van der Waals surface area contributed by atoms with Crippen LogP contribution in [-0.4, -0.2) is 36.0 Å². The largest absolute Gasteiger partial charge is 0.446 e. The smallest absolute Gasteiger partial charge is 0.329 e. The predicted molar refractivity (Wildman–Crippen MR) is 101 cm³/mol. The van der Waals surface area contributed by atoms with Crippen molar-refractivity contribution in [1.82, 2.24) is 5.32 Å². The lowest BCUT2D eigenvalue weighted by atomic mass is 9.86. The monoisotopic (exact) mass is 362 g/mol. The number of esters is 1. The van der Waals surface area contributed by atoms with Crippen molar-refractivity contribution >= 4 is 23.6 Å². The van der Waals surface area contributed by atoms with Crippen molar-refractivity contribution in [2.24, 2.45) is 0 Å². The van der Waals surface area contributed by atoms with Crippen LogP contribution in [0.4, 0.5) is 0 Å². The first-order chi connectivity index (χ1) is 11.7. The molecule has 0 aliphatic heterocycles. The Labute approximate surface area is 154 Å². The van der Waals surface area contributed by atoms with Gasteiger partial charge in [0.1, 0.15) is 12.1 Å². The lowest BCUT2D eigenvalue weighted by molar-refractivity contribution is -0.148. The van der Waals surface area contributed by atoms with Crippen LogP contribution in [0.3, 0.4) is 0 Å². The molecule has 0 saturated carbocycles. The first kappa shape index (κ1) is 21.0. The van der Waals surface area contributed by atoms with Gasteiger partial charge in [0.2, 0.25) is 0 Å². The molecule has 1 amide bonds.